The first-order valence-corrected chi connectivity index (χ1v) is 5.95. The average molecular weight is 320 g/mol. The summed E-state index contributed by atoms with van der Waals surface area (Å²) in [6.45, 7) is 0. The second-order valence-electron chi connectivity index (χ2n) is 2.74. The fourth-order valence-corrected chi connectivity index (χ4v) is 1.31. The van der Waals surface area contributed by atoms with Gasteiger partial charge in [0.15, 0.2) is 0 Å². The fourth-order valence-electron chi connectivity index (χ4n) is 0.848. The van der Waals surface area contributed by atoms with Crippen LogP contribution in [0.25, 0.3) is 0 Å². The van der Waals surface area contributed by atoms with E-state index < -0.39 is 10.9 Å². The standard InChI is InChI=1S/C9H7BrCl2F2O/c10-5-6-1-3-7(4-2-6)15-9(13,14)8(11)12/h1-4,8H,5H2. The number of ether oxygens (including phenoxy) is 1. The highest BCUT2D eigenvalue weighted by atomic mass is 79.9. The molecule has 0 radical (unpaired) electrons. The molecule has 0 spiro atoms. The Bertz CT molecular complexity index is 316. The van der Waals surface area contributed by atoms with E-state index in [9.17, 15) is 8.78 Å². The normalized spacial score (nSPS) is 11.9. The molecule has 0 aromatic heterocycles. The predicted molar refractivity (Wildman–Crippen MR) is 60.1 cm³/mol. The number of halogens is 5. The first-order valence-electron chi connectivity index (χ1n) is 3.95. The summed E-state index contributed by atoms with van der Waals surface area (Å²) < 4.78 is 30.2. The van der Waals surface area contributed by atoms with Gasteiger partial charge in [-0.15, -0.1) is 0 Å². The molecular formula is C9H7BrCl2F2O. The van der Waals surface area contributed by atoms with Crippen molar-refractivity contribution in [3.05, 3.63) is 29.8 Å². The Hall–Kier alpha value is -0.0600. The van der Waals surface area contributed by atoms with Crippen LogP contribution in [0.3, 0.4) is 0 Å². The van der Waals surface area contributed by atoms with Crippen molar-refractivity contribution in [3.8, 4) is 5.75 Å². The van der Waals surface area contributed by atoms with E-state index in [1.165, 1.54) is 12.1 Å². The largest absolute Gasteiger partial charge is 0.431 e. The molecule has 0 heterocycles. The van der Waals surface area contributed by atoms with Crippen molar-refractivity contribution in [1.82, 2.24) is 0 Å². The van der Waals surface area contributed by atoms with Gasteiger partial charge >= 0.3 is 6.11 Å². The van der Waals surface area contributed by atoms with E-state index in [4.69, 9.17) is 23.2 Å². The SMILES string of the molecule is FC(F)(Oc1ccc(CBr)cc1)C(Cl)Cl. The zero-order chi connectivity index (χ0) is 11.5. The molecule has 0 fully saturated rings. The molecule has 1 rings (SSSR count). The molecule has 1 aromatic rings. The van der Waals surface area contributed by atoms with Gasteiger partial charge in [-0.2, -0.15) is 8.78 Å². The van der Waals surface area contributed by atoms with E-state index >= 15 is 0 Å². The van der Waals surface area contributed by atoms with E-state index in [0.29, 0.717) is 5.33 Å². The molecule has 84 valence electrons. The predicted octanol–water partition coefficient (Wildman–Crippen LogP) is 4.36. The number of benzene rings is 1. The van der Waals surface area contributed by atoms with E-state index in [2.05, 4.69) is 20.7 Å². The third kappa shape index (κ3) is 3.78. The van der Waals surface area contributed by atoms with Gasteiger partial charge in [-0.3, -0.25) is 0 Å². The number of alkyl halides is 5. The van der Waals surface area contributed by atoms with Crippen LogP contribution in [0.2, 0.25) is 0 Å². The van der Waals surface area contributed by atoms with Gasteiger partial charge in [0.05, 0.1) is 0 Å². The van der Waals surface area contributed by atoms with Crippen LogP contribution in [0.1, 0.15) is 5.56 Å². The maximum atomic E-state index is 12.9. The van der Waals surface area contributed by atoms with Crippen molar-refractivity contribution >= 4 is 39.1 Å². The van der Waals surface area contributed by atoms with Gasteiger partial charge in [-0.05, 0) is 17.7 Å². The van der Waals surface area contributed by atoms with E-state index in [0.717, 1.165) is 5.56 Å². The molecule has 0 unspecified atom stereocenters. The maximum absolute atomic E-state index is 12.9. The van der Waals surface area contributed by atoms with Gasteiger partial charge < -0.3 is 4.74 Å². The zero-order valence-electron chi connectivity index (χ0n) is 7.39. The van der Waals surface area contributed by atoms with Crippen molar-refractivity contribution in [1.29, 1.82) is 0 Å². The van der Waals surface area contributed by atoms with E-state index in [-0.39, 0.29) is 5.75 Å². The Labute approximate surface area is 104 Å². The number of rotatable bonds is 4. The van der Waals surface area contributed by atoms with Crippen LogP contribution in [0.4, 0.5) is 8.78 Å². The summed E-state index contributed by atoms with van der Waals surface area (Å²) in [6, 6.07) is 6.19. The molecule has 15 heavy (non-hydrogen) atoms. The van der Waals surface area contributed by atoms with Crippen LogP contribution < -0.4 is 4.74 Å². The fraction of sp³-hybridized carbons (Fsp3) is 0.333. The molecule has 0 saturated carbocycles. The molecule has 1 aromatic carbocycles. The molecule has 0 aliphatic heterocycles. The summed E-state index contributed by atoms with van der Waals surface area (Å²) in [4.78, 5) is -1.90. The van der Waals surface area contributed by atoms with Crippen LogP contribution >= 0.6 is 39.1 Å². The third-order valence-corrected chi connectivity index (χ3v) is 2.74. The summed E-state index contributed by atoms with van der Waals surface area (Å²) in [5.74, 6) is 0.0241. The second kappa shape index (κ2) is 5.32. The lowest BCUT2D eigenvalue weighted by Gasteiger charge is -2.18. The van der Waals surface area contributed by atoms with Crippen molar-refractivity contribution in [2.45, 2.75) is 16.3 Å². The summed E-state index contributed by atoms with van der Waals surface area (Å²) in [7, 11) is 0. The second-order valence-corrected chi connectivity index (χ2v) is 4.40. The lowest BCUT2D eigenvalue weighted by Crippen LogP contribution is -2.32. The van der Waals surface area contributed by atoms with Crippen LogP contribution in [-0.2, 0) is 5.33 Å². The molecular weight excluding hydrogens is 313 g/mol. The zero-order valence-corrected chi connectivity index (χ0v) is 10.5. The Morgan fingerprint density at radius 3 is 2.20 bits per heavy atom. The van der Waals surface area contributed by atoms with Gasteiger partial charge in [0, 0.05) is 5.33 Å². The monoisotopic (exact) mass is 318 g/mol. The van der Waals surface area contributed by atoms with Crippen LogP contribution in [0.5, 0.6) is 5.75 Å². The van der Waals surface area contributed by atoms with Gasteiger partial charge in [0.25, 0.3) is 0 Å². The molecule has 0 atom stereocenters. The Morgan fingerprint density at radius 2 is 1.80 bits per heavy atom. The summed E-state index contributed by atoms with van der Waals surface area (Å²) in [5, 5.41) is 0.650. The molecule has 0 amide bonds. The highest BCUT2D eigenvalue weighted by molar-refractivity contribution is 9.08. The van der Waals surface area contributed by atoms with Gasteiger partial charge in [-0.1, -0.05) is 51.3 Å². The van der Waals surface area contributed by atoms with Crippen molar-refractivity contribution in [2.75, 3.05) is 0 Å². The van der Waals surface area contributed by atoms with Crippen LogP contribution in [0.15, 0.2) is 24.3 Å². The van der Waals surface area contributed by atoms with E-state index in [1.54, 1.807) is 12.1 Å². The number of hydrogen-bond donors (Lipinski definition) is 0. The lowest BCUT2D eigenvalue weighted by atomic mass is 10.2. The Balaban J connectivity index is 2.73. The van der Waals surface area contributed by atoms with Crippen LogP contribution in [0, 0.1) is 0 Å². The third-order valence-electron chi connectivity index (χ3n) is 1.59. The first-order chi connectivity index (χ1) is 6.95. The molecule has 0 bridgehead atoms. The van der Waals surface area contributed by atoms with Crippen molar-refractivity contribution in [3.63, 3.8) is 0 Å². The topological polar surface area (TPSA) is 9.23 Å². The summed E-state index contributed by atoms with van der Waals surface area (Å²) in [6.07, 6.45) is -3.58. The molecule has 0 aliphatic rings. The van der Waals surface area contributed by atoms with Gasteiger partial charge in [0.1, 0.15) is 5.75 Å². The molecule has 0 N–H and O–H groups in total. The van der Waals surface area contributed by atoms with Crippen molar-refractivity contribution < 1.29 is 13.5 Å². The molecule has 0 aliphatic carbocycles. The smallest absolute Gasteiger partial charge is 0.428 e. The molecule has 0 saturated heterocycles. The summed E-state index contributed by atoms with van der Waals surface area (Å²) >= 11 is 13.4. The Morgan fingerprint density at radius 1 is 1.27 bits per heavy atom. The lowest BCUT2D eigenvalue weighted by molar-refractivity contribution is -0.163. The first kappa shape index (κ1) is 13.0. The van der Waals surface area contributed by atoms with Gasteiger partial charge in [0.2, 0.25) is 4.84 Å². The Kier molecular flexibility index (Phi) is 4.62. The minimum atomic E-state index is -3.58. The highest BCUT2D eigenvalue weighted by Gasteiger charge is 2.40. The van der Waals surface area contributed by atoms with Gasteiger partial charge in [-0.25, -0.2) is 0 Å². The highest BCUT2D eigenvalue weighted by Crippen LogP contribution is 2.30. The van der Waals surface area contributed by atoms with Crippen molar-refractivity contribution in [2.24, 2.45) is 0 Å². The summed E-state index contributed by atoms with van der Waals surface area (Å²) in [5.41, 5.74) is 0.957. The van der Waals surface area contributed by atoms with E-state index in [1.807, 2.05) is 0 Å². The minimum Gasteiger partial charge on any atom is -0.431 e. The molecule has 1 nitrogen and oxygen atoms in total. The minimum absolute atomic E-state index is 0.0241. The quantitative estimate of drug-likeness (QED) is 0.749. The molecule has 6 heteroatoms. The average Bonchev–Trinajstić information content (AvgIpc) is 2.18. The number of hydrogen-bond acceptors (Lipinski definition) is 1. The maximum Gasteiger partial charge on any atom is 0.428 e. The van der Waals surface area contributed by atoms with Crippen LogP contribution in [-0.4, -0.2) is 10.9 Å².